The van der Waals surface area contributed by atoms with Crippen molar-refractivity contribution in [2.24, 2.45) is 0 Å². The molecule has 6 nitrogen and oxygen atoms in total. The van der Waals surface area contributed by atoms with Gasteiger partial charge in [-0.2, -0.15) is 0 Å². The first kappa shape index (κ1) is 23.5. The number of ether oxygens (including phenoxy) is 2. The maximum atomic E-state index is 13.8. The number of nitrogens with zero attached hydrogens (tertiary/aromatic N) is 3. The van der Waals surface area contributed by atoms with Crippen molar-refractivity contribution in [2.75, 3.05) is 72.2 Å². The third-order valence-corrected chi connectivity index (χ3v) is 7.45. The Balaban J connectivity index is 1.36. The Labute approximate surface area is 193 Å². The van der Waals surface area contributed by atoms with Gasteiger partial charge in [0.25, 0.3) is 0 Å². The number of piperazine rings is 1. The van der Waals surface area contributed by atoms with Gasteiger partial charge in [-0.1, -0.05) is 19.1 Å². The predicted octanol–water partition coefficient (Wildman–Crippen LogP) is 3.15. The van der Waals surface area contributed by atoms with Gasteiger partial charge in [0.2, 0.25) is 5.91 Å². The summed E-state index contributed by atoms with van der Waals surface area (Å²) in [7, 11) is 0. The highest BCUT2D eigenvalue weighted by Gasteiger charge is 2.44. The Morgan fingerprint density at radius 2 is 1.59 bits per heavy atom. The molecule has 1 aromatic carbocycles. The standard InChI is InChI=1S/C26H41N3O3/c1-2-12-27-16-18-29(19-17-27)25(30)26(10-21-31-22-11-26)23-6-8-24(9-7-23)32-20-5-15-28-13-3-4-14-28/h6-9H,2-5,10-22H2,1H3. The van der Waals surface area contributed by atoms with Crippen LogP contribution < -0.4 is 4.74 Å². The van der Waals surface area contributed by atoms with Crippen molar-refractivity contribution in [3.8, 4) is 5.75 Å². The summed E-state index contributed by atoms with van der Waals surface area (Å²) in [5, 5.41) is 0. The van der Waals surface area contributed by atoms with Crippen LogP contribution >= 0.6 is 0 Å². The van der Waals surface area contributed by atoms with Gasteiger partial charge >= 0.3 is 0 Å². The van der Waals surface area contributed by atoms with Crippen molar-refractivity contribution in [1.29, 1.82) is 0 Å². The summed E-state index contributed by atoms with van der Waals surface area (Å²) in [6.45, 7) is 12.6. The Bertz CT molecular complexity index is 704. The van der Waals surface area contributed by atoms with Gasteiger partial charge in [0.15, 0.2) is 0 Å². The lowest BCUT2D eigenvalue weighted by atomic mass is 9.73. The summed E-state index contributed by atoms with van der Waals surface area (Å²) in [4.78, 5) is 20.9. The molecular weight excluding hydrogens is 402 g/mol. The van der Waals surface area contributed by atoms with Crippen molar-refractivity contribution >= 4 is 5.91 Å². The van der Waals surface area contributed by atoms with E-state index < -0.39 is 5.41 Å². The van der Waals surface area contributed by atoms with E-state index in [1.165, 1.54) is 32.4 Å². The highest BCUT2D eigenvalue weighted by molar-refractivity contribution is 5.88. The van der Waals surface area contributed by atoms with Crippen LogP contribution in [0.5, 0.6) is 5.75 Å². The van der Waals surface area contributed by atoms with Gasteiger partial charge in [-0.05, 0) is 75.9 Å². The second-order valence-corrected chi connectivity index (χ2v) is 9.60. The molecular formula is C26H41N3O3. The van der Waals surface area contributed by atoms with E-state index in [1.807, 2.05) is 0 Å². The Hall–Kier alpha value is -1.63. The number of hydrogen-bond acceptors (Lipinski definition) is 5. The zero-order valence-electron chi connectivity index (χ0n) is 19.9. The molecule has 3 aliphatic heterocycles. The van der Waals surface area contributed by atoms with Crippen LogP contribution in [0.1, 0.15) is 51.0 Å². The fourth-order valence-electron chi connectivity index (χ4n) is 5.49. The quantitative estimate of drug-likeness (QED) is 0.549. The fraction of sp³-hybridized carbons (Fsp3) is 0.731. The van der Waals surface area contributed by atoms with Crippen LogP contribution in [0.25, 0.3) is 0 Å². The summed E-state index contributed by atoms with van der Waals surface area (Å²) < 4.78 is 11.7. The molecule has 0 N–H and O–H groups in total. The van der Waals surface area contributed by atoms with Crippen LogP contribution in [0.3, 0.4) is 0 Å². The van der Waals surface area contributed by atoms with Gasteiger partial charge < -0.3 is 19.3 Å². The van der Waals surface area contributed by atoms with Gasteiger partial charge in [0.1, 0.15) is 5.75 Å². The van der Waals surface area contributed by atoms with Crippen LogP contribution in [0.15, 0.2) is 24.3 Å². The zero-order valence-corrected chi connectivity index (χ0v) is 19.9. The lowest BCUT2D eigenvalue weighted by molar-refractivity contribution is -0.143. The topological polar surface area (TPSA) is 45.2 Å². The monoisotopic (exact) mass is 443 g/mol. The van der Waals surface area contributed by atoms with Crippen LogP contribution in [0.4, 0.5) is 0 Å². The second kappa shape index (κ2) is 11.5. The first-order chi connectivity index (χ1) is 15.7. The third kappa shape index (κ3) is 5.64. The van der Waals surface area contributed by atoms with E-state index in [2.05, 4.69) is 45.9 Å². The van der Waals surface area contributed by atoms with Crippen molar-refractivity contribution in [3.05, 3.63) is 29.8 Å². The van der Waals surface area contributed by atoms with Crippen molar-refractivity contribution in [2.45, 2.75) is 50.9 Å². The average Bonchev–Trinajstić information content (AvgIpc) is 3.37. The third-order valence-electron chi connectivity index (χ3n) is 7.45. The molecule has 0 aliphatic carbocycles. The Morgan fingerprint density at radius 1 is 0.938 bits per heavy atom. The maximum Gasteiger partial charge on any atom is 0.233 e. The molecule has 0 saturated carbocycles. The largest absolute Gasteiger partial charge is 0.494 e. The molecule has 3 aliphatic rings. The molecule has 3 fully saturated rings. The van der Waals surface area contributed by atoms with Crippen LogP contribution in [0.2, 0.25) is 0 Å². The number of amides is 1. The van der Waals surface area contributed by atoms with E-state index in [0.29, 0.717) is 13.2 Å². The minimum Gasteiger partial charge on any atom is -0.494 e. The van der Waals surface area contributed by atoms with Gasteiger partial charge in [-0.3, -0.25) is 9.69 Å². The van der Waals surface area contributed by atoms with Gasteiger partial charge in [-0.25, -0.2) is 0 Å². The molecule has 1 amide bonds. The maximum absolute atomic E-state index is 13.8. The highest BCUT2D eigenvalue weighted by Crippen LogP contribution is 2.38. The molecule has 0 spiro atoms. The van der Waals surface area contributed by atoms with Gasteiger partial charge in [0, 0.05) is 45.9 Å². The Morgan fingerprint density at radius 3 is 2.25 bits per heavy atom. The lowest BCUT2D eigenvalue weighted by Gasteiger charge is -2.43. The number of rotatable bonds is 9. The van der Waals surface area contributed by atoms with E-state index >= 15 is 0 Å². The normalized spacial score (nSPS) is 22.2. The number of hydrogen-bond donors (Lipinski definition) is 0. The van der Waals surface area contributed by atoms with Crippen LogP contribution in [-0.2, 0) is 14.9 Å². The van der Waals surface area contributed by atoms with E-state index in [1.54, 1.807) is 0 Å². The molecule has 0 aromatic heterocycles. The first-order valence-electron chi connectivity index (χ1n) is 12.8. The predicted molar refractivity (Wildman–Crippen MR) is 127 cm³/mol. The average molecular weight is 444 g/mol. The molecule has 0 atom stereocenters. The van der Waals surface area contributed by atoms with Crippen LogP contribution in [-0.4, -0.2) is 92.8 Å². The SMILES string of the molecule is CCCN1CCN(C(=O)C2(c3ccc(OCCCN4CCCC4)cc3)CCOCC2)CC1. The van der Waals surface area contributed by atoms with E-state index in [-0.39, 0.29) is 5.91 Å². The Kier molecular flexibility index (Phi) is 8.44. The van der Waals surface area contributed by atoms with Crippen molar-refractivity contribution in [1.82, 2.24) is 14.7 Å². The van der Waals surface area contributed by atoms with Crippen LogP contribution in [0, 0.1) is 0 Å². The smallest absolute Gasteiger partial charge is 0.233 e. The number of carbonyl (C=O) groups excluding carboxylic acids is 1. The highest BCUT2D eigenvalue weighted by atomic mass is 16.5. The van der Waals surface area contributed by atoms with Gasteiger partial charge in [0.05, 0.1) is 12.0 Å². The molecule has 178 valence electrons. The lowest BCUT2D eigenvalue weighted by Crippen LogP contribution is -2.56. The summed E-state index contributed by atoms with van der Waals surface area (Å²) in [6, 6.07) is 8.34. The molecule has 6 heteroatoms. The molecule has 0 bridgehead atoms. The number of carbonyl (C=O) groups is 1. The molecule has 0 radical (unpaired) electrons. The van der Waals surface area contributed by atoms with E-state index in [0.717, 1.165) is 76.5 Å². The van der Waals surface area contributed by atoms with E-state index in [4.69, 9.17) is 9.47 Å². The summed E-state index contributed by atoms with van der Waals surface area (Å²) in [5.41, 5.74) is 0.658. The molecule has 4 rings (SSSR count). The van der Waals surface area contributed by atoms with Crippen molar-refractivity contribution < 1.29 is 14.3 Å². The fourth-order valence-corrected chi connectivity index (χ4v) is 5.49. The summed E-state index contributed by atoms with van der Waals surface area (Å²) >= 11 is 0. The molecule has 3 heterocycles. The molecule has 0 unspecified atom stereocenters. The molecule has 3 saturated heterocycles. The van der Waals surface area contributed by atoms with Crippen molar-refractivity contribution in [3.63, 3.8) is 0 Å². The number of likely N-dealkylation sites (tertiary alicyclic amines) is 1. The van der Waals surface area contributed by atoms with Gasteiger partial charge in [-0.15, -0.1) is 0 Å². The molecule has 1 aromatic rings. The number of benzene rings is 1. The second-order valence-electron chi connectivity index (χ2n) is 9.60. The summed E-state index contributed by atoms with van der Waals surface area (Å²) in [5.74, 6) is 1.19. The minimum absolute atomic E-state index is 0.288. The molecule has 32 heavy (non-hydrogen) atoms. The minimum atomic E-state index is -0.459. The first-order valence-corrected chi connectivity index (χ1v) is 12.8. The zero-order chi connectivity index (χ0) is 22.2. The van der Waals surface area contributed by atoms with E-state index in [9.17, 15) is 4.79 Å². The summed E-state index contributed by atoms with van der Waals surface area (Å²) in [6.07, 6.45) is 6.42.